The molecule has 0 aromatic heterocycles. The van der Waals surface area contributed by atoms with E-state index in [9.17, 15) is 8.42 Å². The average Bonchev–Trinajstić information content (AvgIpc) is 2.03. The van der Waals surface area contributed by atoms with Gasteiger partial charge in [0.2, 0.25) is 0 Å². The smallest absolute Gasteiger partial charge is 0.152 e. The molecule has 0 saturated carbocycles. The van der Waals surface area contributed by atoms with Gasteiger partial charge in [0, 0.05) is 19.1 Å². The normalized spacial score (nSPS) is 26.8. The van der Waals surface area contributed by atoms with Crippen LogP contribution in [0.2, 0.25) is 0 Å². The number of rotatable bonds is 2. The summed E-state index contributed by atoms with van der Waals surface area (Å²) < 4.78 is 22.0. The molecule has 1 saturated heterocycles. The maximum Gasteiger partial charge on any atom is 0.152 e. The topological polar surface area (TPSA) is 57.6 Å². The van der Waals surface area contributed by atoms with Gasteiger partial charge in [0.1, 0.15) is 0 Å². The van der Waals surface area contributed by atoms with Gasteiger partial charge in [-0.3, -0.25) is 4.90 Å². The summed E-state index contributed by atoms with van der Waals surface area (Å²) in [5.74, 6) is 0.467. The van der Waals surface area contributed by atoms with Gasteiger partial charge >= 0.3 is 0 Å². The van der Waals surface area contributed by atoms with Gasteiger partial charge in [-0.25, -0.2) is 8.42 Å². The van der Waals surface area contributed by atoms with Gasteiger partial charge in [0.05, 0.1) is 18.1 Å². The minimum Gasteiger partial charge on any atom is -0.395 e. The highest BCUT2D eigenvalue weighted by atomic mass is 32.2. The predicted molar refractivity (Wildman–Crippen MR) is 46.8 cm³/mol. The third-order valence-electron chi connectivity index (χ3n) is 2.27. The lowest BCUT2D eigenvalue weighted by molar-refractivity contribution is 0.143. The van der Waals surface area contributed by atoms with Crippen molar-refractivity contribution in [3.63, 3.8) is 0 Å². The van der Waals surface area contributed by atoms with E-state index in [-0.39, 0.29) is 24.2 Å². The molecule has 0 unspecified atom stereocenters. The fourth-order valence-corrected chi connectivity index (χ4v) is 2.51. The van der Waals surface area contributed by atoms with Crippen LogP contribution in [0.25, 0.3) is 0 Å². The van der Waals surface area contributed by atoms with E-state index >= 15 is 0 Å². The van der Waals surface area contributed by atoms with Gasteiger partial charge < -0.3 is 5.11 Å². The maximum absolute atomic E-state index is 11.0. The van der Waals surface area contributed by atoms with Gasteiger partial charge in [0.15, 0.2) is 9.84 Å². The zero-order valence-corrected chi connectivity index (χ0v) is 8.05. The summed E-state index contributed by atoms with van der Waals surface area (Å²) in [5, 5.41) is 8.83. The van der Waals surface area contributed by atoms with Gasteiger partial charge in [-0.05, 0) is 6.92 Å². The fraction of sp³-hybridized carbons (Fsp3) is 1.00. The van der Waals surface area contributed by atoms with Crippen LogP contribution in [-0.2, 0) is 9.84 Å². The molecule has 0 spiro atoms. The fourth-order valence-electron chi connectivity index (χ4n) is 1.28. The summed E-state index contributed by atoms with van der Waals surface area (Å²) >= 11 is 0. The number of sulfone groups is 1. The second-order valence-corrected chi connectivity index (χ2v) is 5.52. The number of aliphatic hydroxyl groups is 1. The Morgan fingerprint density at radius 3 is 2.33 bits per heavy atom. The first-order valence-electron chi connectivity index (χ1n) is 4.10. The van der Waals surface area contributed by atoms with Crippen LogP contribution in [0.3, 0.4) is 0 Å². The molecule has 0 amide bonds. The van der Waals surface area contributed by atoms with Crippen molar-refractivity contribution < 1.29 is 13.5 Å². The Morgan fingerprint density at radius 2 is 1.92 bits per heavy atom. The summed E-state index contributed by atoms with van der Waals surface area (Å²) in [6.07, 6.45) is 0. The van der Waals surface area contributed by atoms with E-state index in [1.165, 1.54) is 0 Å². The third kappa shape index (κ3) is 2.43. The Kier molecular flexibility index (Phi) is 3.09. The minimum atomic E-state index is -2.78. The van der Waals surface area contributed by atoms with Gasteiger partial charge in [-0.1, -0.05) is 0 Å². The first-order valence-corrected chi connectivity index (χ1v) is 5.92. The molecule has 1 atom stereocenters. The van der Waals surface area contributed by atoms with Crippen LogP contribution in [0, 0.1) is 0 Å². The lowest BCUT2D eigenvalue weighted by atomic mass is 10.3. The van der Waals surface area contributed by atoms with E-state index in [0.29, 0.717) is 13.1 Å². The number of hydrogen-bond donors (Lipinski definition) is 1. The Bertz CT molecular complexity index is 223. The van der Waals surface area contributed by atoms with Crippen molar-refractivity contribution in [2.75, 3.05) is 31.2 Å². The molecule has 1 fully saturated rings. The van der Waals surface area contributed by atoms with Crippen molar-refractivity contribution in [2.45, 2.75) is 13.0 Å². The van der Waals surface area contributed by atoms with E-state index in [1.54, 1.807) is 0 Å². The van der Waals surface area contributed by atoms with Gasteiger partial charge in [-0.15, -0.1) is 0 Å². The first kappa shape index (κ1) is 9.95. The van der Waals surface area contributed by atoms with Gasteiger partial charge in [-0.2, -0.15) is 0 Å². The molecule has 72 valence electrons. The van der Waals surface area contributed by atoms with Crippen molar-refractivity contribution in [3.05, 3.63) is 0 Å². The van der Waals surface area contributed by atoms with E-state index in [2.05, 4.69) is 0 Å². The van der Waals surface area contributed by atoms with E-state index in [1.807, 2.05) is 11.8 Å². The van der Waals surface area contributed by atoms with E-state index in [4.69, 9.17) is 5.11 Å². The van der Waals surface area contributed by atoms with E-state index < -0.39 is 9.84 Å². The molecule has 1 aliphatic rings. The monoisotopic (exact) mass is 193 g/mol. The molecule has 0 aromatic rings. The molecular formula is C7H15NO3S. The zero-order chi connectivity index (χ0) is 9.19. The molecule has 0 radical (unpaired) electrons. The number of aliphatic hydroxyl groups excluding tert-OH is 1. The van der Waals surface area contributed by atoms with Crippen LogP contribution >= 0.6 is 0 Å². The molecule has 1 heterocycles. The summed E-state index contributed by atoms with van der Waals surface area (Å²) in [6, 6.07) is 0.0838. The summed E-state index contributed by atoms with van der Waals surface area (Å²) in [7, 11) is -2.78. The van der Waals surface area contributed by atoms with Crippen molar-refractivity contribution in [3.8, 4) is 0 Å². The molecule has 5 heteroatoms. The summed E-state index contributed by atoms with van der Waals surface area (Å²) in [6.45, 7) is 3.12. The third-order valence-corrected chi connectivity index (χ3v) is 3.88. The highest BCUT2D eigenvalue weighted by Crippen LogP contribution is 2.06. The largest absolute Gasteiger partial charge is 0.395 e. The Balaban J connectivity index is 2.46. The van der Waals surface area contributed by atoms with Crippen LogP contribution in [0.1, 0.15) is 6.92 Å². The highest BCUT2D eigenvalue weighted by Gasteiger charge is 2.24. The van der Waals surface area contributed by atoms with Crippen molar-refractivity contribution in [2.24, 2.45) is 0 Å². The molecule has 1 rings (SSSR count). The highest BCUT2D eigenvalue weighted by molar-refractivity contribution is 7.91. The molecule has 0 aromatic carbocycles. The Hall–Kier alpha value is -0.130. The second kappa shape index (κ2) is 3.72. The summed E-state index contributed by atoms with van der Waals surface area (Å²) in [4.78, 5) is 2.00. The molecule has 4 nitrogen and oxygen atoms in total. The van der Waals surface area contributed by atoms with Crippen molar-refractivity contribution in [1.29, 1.82) is 0 Å². The first-order chi connectivity index (χ1) is 5.55. The van der Waals surface area contributed by atoms with Crippen LogP contribution in [-0.4, -0.2) is 55.7 Å². The quantitative estimate of drug-likeness (QED) is 0.617. The number of nitrogens with zero attached hydrogens (tertiary/aromatic N) is 1. The van der Waals surface area contributed by atoms with Crippen LogP contribution in [0.5, 0.6) is 0 Å². The lowest BCUT2D eigenvalue weighted by Gasteiger charge is -2.30. The molecular weight excluding hydrogens is 178 g/mol. The molecule has 1 aliphatic heterocycles. The van der Waals surface area contributed by atoms with Crippen molar-refractivity contribution >= 4 is 9.84 Å². The van der Waals surface area contributed by atoms with E-state index in [0.717, 1.165) is 0 Å². The predicted octanol–water partition coefficient (Wildman–Crippen LogP) is -0.902. The maximum atomic E-state index is 11.0. The number of hydrogen-bond acceptors (Lipinski definition) is 4. The SMILES string of the molecule is C[C@@H](CO)N1CCS(=O)(=O)CC1. The second-order valence-electron chi connectivity index (χ2n) is 3.22. The summed E-state index contributed by atoms with van der Waals surface area (Å²) in [5.41, 5.74) is 0. The Morgan fingerprint density at radius 1 is 1.42 bits per heavy atom. The zero-order valence-electron chi connectivity index (χ0n) is 7.23. The van der Waals surface area contributed by atoms with Crippen LogP contribution in [0.4, 0.5) is 0 Å². The van der Waals surface area contributed by atoms with Crippen LogP contribution < -0.4 is 0 Å². The Labute approximate surface area is 73.1 Å². The van der Waals surface area contributed by atoms with Gasteiger partial charge in [0.25, 0.3) is 0 Å². The molecule has 12 heavy (non-hydrogen) atoms. The average molecular weight is 193 g/mol. The minimum absolute atomic E-state index is 0.0838. The lowest BCUT2D eigenvalue weighted by Crippen LogP contribution is -2.46. The molecule has 0 bridgehead atoms. The standard InChI is InChI=1S/C7H15NO3S/c1-7(6-9)8-2-4-12(10,11)5-3-8/h7,9H,2-6H2,1H3/t7-/m0/s1. The molecule has 1 N–H and O–H groups in total. The van der Waals surface area contributed by atoms with Crippen molar-refractivity contribution in [1.82, 2.24) is 4.90 Å². The molecule has 0 aliphatic carbocycles. The van der Waals surface area contributed by atoms with Crippen LogP contribution in [0.15, 0.2) is 0 Å².